The average Bonchev–Trinajstić information content (AvgIpc) is 2.21. The molecule has 1 aromatic rings. The minimum Gasteiger partial charge on any atom is -0.310 e. The maximum Gasteiger partial charge on any atom is 0.182 e. The Balaban J connectivity index is 3.15. The minimum absolute atomic E-state index is 0.366. The second-order valence-electron chi connectivity index (χ2n) is 3.12. The number of Topliss-reactive ketones (excluding diaryl/α,β-unsaturated/α-hetero) is 1. The minimum atomic E-state index is -1.30. The molecule has 1 N–H and O–H groups in total. The van der Waals surface area contributed by atoms with Gasteiger partial charge in [0.1, 0.15) is 5.82 Å². The number of rotatable bonds is 3. The van der Waals surface area contributed by atoms with Gasteiger partial charge in [-0.05, 0) is 20.0 Å². The van der Waals surface area contributed by atoms with Gasteiger partial charge in [-0.2, -0.15) is 0 Å². The highest BCUT2D eigenvalue weighted by molar-refractivity contribution is 6.00. The van der Waals surface area contributed by atoms with E-state index in [2.05, 4.69) is 5.32 Å². The number of ketones is 1. The summed E-state index contributed by atoms with van der Waals surface area (Å²) in [5, 5.41) is 2.59. The molecule has 0 spiro atoms. The molecule has 0 saturated heterocycles. The molecule has 1 aromatic carbocycles. The number of nitrogens with one attached hydrogen (secondary N) is 1. The number of carbonyl (C=O) groups is 1. The summed E-state index contributed by atoms with van der Waals surface area (Å²) in [6.45, 7) is 1.50. The van der Waals surface area contributed by atoms with Gasteiger partial charge in [-0.25, -0.2) is 13.2 Å². The fourth-order valence-electron chi connectivity index (χ4n) is 1.08. The van der Waals surface area contributed by atoms with Crippen molar-refractivity contribution in [3.63, 3.8) is 0 Å². The van der Waals surface area contributed by atoms with Crippen molar-refractivity contribution >= 4 is 5.78 Å². The fraction of sp³-hybridized carbons (Fsp3) is 0.300. The lowest BCUT2D eigenvalue weighted by atomic mass is 10.0. The highest BCUT2D eigenvalue weighted by Gasteiger charge is 2.19. The Labute approximate surface area is 85.1 Å². The molecule has 82 valence electrons. The van der Waals surface area contributed by atoms with Crippen LogP contribution < -0.4 is 5.32 Å². The Morgan fingerprint density at radius 1 is 1.20 bits per heavy atom. The Bertz CT molecular complexity index is 392. The third-order valence-electron chi connectivity index (χ3n) is 2.10. The van der Waals surface area contributed by atoms with E-state index >= 15 is 0 Å². The first-order valence-electron chi connectivity index (χ1n) is 4.33. The molecule has 0 saturated carbocycles. The number of benzene rings is 1. The molecule has 0 aliphatic carbocycles. The van der Waals surface area contributed by atoms with Gasteiger partial charge in [0, 0.05) is 6.07 Å². The van der Waals surface area contributed by atoms with Gasteiger partial charge in [0.25, 0.3) is 0 Å². The van der Waals surface area contributed by atoms with E-state index in [0.29, 0.717) is 12.1 Å². The molecule has 2 nitrogen and oxygen atoms in total. The SMILES string of the molecule is CNC(C)C(=O)c1cc(F)c(F)cc1F. The third kappa shape index (κ3) is 2.36. The standard InChI is InChI=1S/C10H10F3NO/c1-5(14-2)10(15)6-3-8(12)9(13)4-7(6)11/h3-5,14H,1-2H3. The Hall–Kier alpha value is -1.36. The van der Waals surface area contributed by atoms with Crippen LogP contribution in [0.4, 0.5) is 13.2 Å². The van der Waals surface area contributed by atoms with Crippen molar-refractivity contribution in [2.45, 2.75) is 13.0 Å². The molecule has 0 aliphatic rings. The maximum atomic E-state index is 13.1. The molecule has 0 bridgehead atoms. The maximum absolute atomic E-state index is 13.1. The summed E-state index contributed by atoms with van der Waals surface area (Å²) in [4.78, 5) is 11.5. The zero-order valence-corrected chi connectivity index (χ0v) is 8.27. The van der Waals surface area contributed by atoms with Crippen LogP contribution in [0, 0.1) is 17.5 Å². The number of hydrogen-bond acceptors (Lipinski definition) is 2. The van der Waals surface area contributed by atoms with Gasteiger partial charge in [0.2, 0.25) is 0 Å². The van der Waals surface area contributed by atoms with Crippen molar-refractivity contribution < 1.29 is 18.0 Å². The molecule has 1 unspecified atom stereocenters. The summed E-state index contributed by atoms with van der Waals surface area (Å²) in [5.74, 6) is -4.21. The van der Waals surface area contributed by atoms with Crippen LogP contribution in [-0.4, -0.2) is 18.9 Å². The Morgan fingerprint density at radius 3 is 2.27 bits per heavy atom. The number of halogens is 3. The Morgan fingerprint density at radius 2 is 1.73 bits per heavy atom. The van der Waals surface area contributed by atoms with Gasteiger partial charge in [-0.1, -0.05) is 0 Å². The molecule has 0 amide bonds. The summed E-state index contributed by atoms with van der Waals surface area (Å²) >= 11 is 0. The van der Waals surface area contributed by atoms with E-state index in [-0.39, 0.29) is 0 Å². The van der Waals surface area contributed by atoms with Crippen molar-refractivity contribution in [2.24, 2.45) is 0 Å². The lowest BCUT2D eigenvalue weighted by molar-refractivity contribution is 0.0950. The smallest absolute Gasteiger partial charge is 0.182 e. The molecule has 0 fully saturated rings. The van der Waals surface area contributed by atoms with Crippen molar-refractivity contribution in [1.82, 2.24) is 5.32 Å². The van der Waals surface area contributed by atoms with E-state index < -0.39 is 34.8 Å². The summed E-state index contributed by atoms with van der Waals surface area (Å²) in [5.41, 5.74) is -0.448. The number of likely N-dealkylation sites (N-methyl/N-ethyl adjacent to an activating group) is 1. The normalized spacial score (nSPS) is 12.6. The number of carbonyl (C=O) groups excluding carboxylic acids is 1. The molecular weight excluding hydrogens is 207 g/mol. The molecule has 0 aromatic heterocycles. The predicted octanol–water partition coefficient (Wildman–Crippen LogP) is 1.89. The van der Waals surface area contributed by atoms with E-state index in [1.807, 2.05) is 0 Å². The first kappa shape index (κ1) is 11.7. The second-order valence-corrected chi connectivity index (χ2v) is 3.12. The lowest BCUT2D eigenvalue weighted by Crippen LogP contribution is -2.31. The van der Waals surface area contributed by atoms with Crippen LogP contribution in [0.1, 0.15) is 17.3 Å². The van der Waals surface area contributed by atoms with Crippen molar-refractivity contribution in [3.8, 4) is 0 Å². The quantitative estimate of drug-likeness (QED) is 0.618. The van der Waals surface area contributed by atoms with Gasteiger partial charge < -0.3 is 5.32 Å². The fourth-order valence-corrected chi connectivity index (χ4v) is 1.08. The van der Waals surface area contributed by atoms with Crippen molar-refractivity contribution in [1.29, 1.82) is 0 Å². The topological polar surface area (TPSA) is 29.1 Å². The first-order chi connectivity index (χ1) is 6.97. The van der Waals surface area contributed by atoms with Gasteiger partial charge in [-0.15, -0.1) is 0 Å². The van der Waals surface area contributed by atoms with Crippen LogP contribution >= 0.6 is 0 Å². The van der Waals surface area contributed by atoms with Crippen molar-refractivity contribution in [3.05, 3.63) is 35.1 Å². The van der Waals surface area contributed by atoms with Gasteiger partial charge >= 0.3 is 0 Å². The van der Waals surface area contributed by atoms with Crippen LogP contribution in [0.2, 0.25) is 0 Å². The van der Waals surface area contributed by atoms with Crippen LogP contribution in [0.3, 0.4) is 0 Å². The van der Waals surface area contributed by atoms with Crippen LogP contribution in [-0.2, 0) is 0 Å². The largest absolute Gasteiger partial charge is 0.310 e. The van der Waals surface area contributed by atoms with E-state index in [9.17, 15) is 18.0 Å². The zero-order chi connectivity index (χ0) is 11.6. The molecule has 0 heterocycles. The average molecular weight is 217 g/mol. The molecule has 5 heteroatoms. The highest BCUT2D eigenvalue weighted by Crippen LogP contribution is 2.15. The number of hydrogen-bond donors (Lipinski definition) is 1. The third-order valence-corrected chi connectivity index (χ3v) is 2.10. The lowest BCUT2D eigenvalue weighted by Gasteiger charge is -2.09. The Kier molecular flexibility index (Phi) is 3.47. The van der Waals surface area contributed by atoms with Gasteiger partial charge in [0.05, 0.1) is 11.6 Å². The van der Waals surface area contributed by atoms with E-state index in [4.69, 9.17) is 0 Å². The molecular formula is C10H10F3NO. The van der Waals surface area contributed by atoms with E-state index in [1.165, 1.54) is 14.0 Å². The molecule has 0 aliphatic heterocycles. The van der Waals surface area contributed by atoms with Crippen LogP contribution in [0.5, 0.6) is 0 Å². The highest BCUT2D eigenvalue weighted by atomic mass is 19.2. The summed E-state index contributed by atoms with van der Waals surface area (Å²) in [6.07, 6.45) is 0. The predicted molar refractivity (Wildman–Crippen MR) is 49.2 cm³/mol. The summed E-state index contributed by atoms with van der Waals surface area (Å²) < 4.78 is 38.5. The van der Waals surface area contributed by atoms with Crippen molar-refractivity contribution in [2.75, 3.05) is 7.05 Å². The molecule has 0 radical (unpaired) electrons. The van der Waals surface area contributed by atoms with Gasteiger partial charge in [0.15, 0.2) is 17.4 Å². The summed E-state index contributed by atoms with van der Waals surface area (Å²) in [7, 11) is 1.51. The van der Waals surface area contributed by atoms with E-state index in [0.717, 1.165) is 0 Å². The second kappa shape index (κ2) is 4.44. The zero-order valence-electron chi connectivity index (χ0n) is 8.27. The monoisotopic (exact) mass is 217 g/mol. The van der Waals surface area contributed by atoms with Crippen LogP contribution in [0.25, 0.3) is 0 Å². The summed E-state index contributed by atoms with van der Waals surface area (Å²) in [6, 6.07) is 0.288. The van der Waals surface area contributed by atoms with Crippen LogP contribution in [0.15, 0.2) is 12.1 Å². The van der Waals surface area contributed by atoms with E-state index in [1.54, 1.807) is 0 Å². The molecule has 15 heavy (non-hydrogen) atoms. The molecule has 1 atom stereocenters. The van der Waals surface area contributed by atoms with Gasteiger partial charge in [-0.3, -0.25) is 4.79 Å². The first-order valence-corrected chi connectivity index (χ1v) is 4.33. The molecule has 1 rings (SSSR count).